The Balaban J connectivity index is 0. The van der Waals surface area contributed by atoms with E-state index in [1.54, 1.807) is 0 Å². The van der Waals surface area contributed by atoms with Crippen LogP contribution in [0.2, 0.25) is 0 Å². The van der Waals surface area contributed by atoms with E-state index in [9.17, 15) is 4.79 Å². The molecule has 5 heteroatoms. The smallest absolute Gasteiger partial charge is 0.150 e. The molecule has 1 saturated heterocycles. The van der Waals surface area contributed by atoms with Crippen molar-refractivity contribution in [3.05, 3.63) is 54.6 Å². The molecule has 43 heavy (non-hydrogen) atoms. The van der Waals surface area contributed by atoms with Crippen molar-refractivity contribution in [2.45, 2.75) is 113 Å². The summed E-state index contributed by atoms with van der Waals surface area (Å²) in [7, 11) is 0. The molecule has 0 bridgehead atoms. The number of anilines is 1. The normalized spacial score (nSPS) is 13.5. The molecular formula is C38H72N4O. The van der Waals surface area contributed by atoms with Gasteiger partial charge in [0.25, 0.3) is 0 Å². The first-order valence-corrected chi connectivity index (χ1v) is 17.7. The topological polar surface area (TPSA) is 30.0 Å². The Morgan fingerprint density at radius 3 is 2.16 bits per heavy atom. The SMILES string of the molecule is C=CCCN(CCN(CC=C)CCN1CCCN(C(C)C)CC1)c1cc(C=O)ccc1CCCCC.CC.CC.CCC. The van der Waals surface area contributed by atoms with Crippen molar-refractivity contribution >= 4 is 12.0 Å². The van der Waals surface area contributed by atoms with Crippen molar-refractivity contribution in [1.29, 1.82) is 0 Å². The molecule has 1 fully saturated rings. The molecule has 0 spiro atoms. The fraction of sp³-hybridized carbons (Fsp3) is 0.711. The first kappa shape index (κ1) is 43.2. The lowest BCUT2D eigenvalue weighted by Gasteiger charge is -2.31. The lowest BCUT2D eigenvalue weighted by molar-refractivity contribution is 0.112. The number of unbranched alkanes of at least 4 members (excludes halogenated alkanes) is 2. The molecule has 5 nitrogen and oxygen atoms in total. The van der Waals surface area contributed by atoms with Crippen molar-refractivity contribution in [3.63, 3.8) is 0 Å². The van der Waals surface area contributed by atoms with Crippen LogP contribution in [0.15, 0.2) is 43.5 Å². The van der Waals surface area contributed by atoms with Gasteiger partial charge in [-0.2, -0.15) is 0 Å². The molecule has 0 radical (unpaired) electrons. The van der Waals surface area contributed by atoms with Gasteiger partial charge in [0.15, 0.2) is 0 Å². The Kier molecular flexibility index (Phi) is 30.2. The van der Waals surface area contributed by atoms with E-state index in [2.05, 4.69) is 79.5 Å². The van der Waals surface area contributed by atoms with Gasteiger partial charge < -0.3 is 9.80 Å². The van der Waals surface area contributed by atoms with Crippen molar-refractivity contribution in [3.8, 4) is 0 Å². The van der Waals surface area contributed by atoms with Gasteiger partial charge in [0.2, 0.25) is 0 Å². The fourth-order valence-electron chi connectivity index (χ4n) is 5.08. The molecule has 0 aromatic heterocycles. The van der Waals surface area contributed by atoms with E-state index in [0.29, 0.717) is 6.04 Å². The van der Waals surface area contributed by atoms with Crippen LogP contribution >= 0.6 is 0 Å². The van der Waals surface area contributed by atoms with Crippen molar-refractivity contribution in [1.82, 2.24) is 14.7 Å². The Hall–Kier alpha value is -1.95. The summed E-state index contributed by atoms with van der Waals surface area (Å²) in [6.07, 6.45) is 13.1. The van der Waals surface area contributed by atoms with Crippen LogP contribution in [0.4, 0.5) is 5.69 Å². The van der Waals surface area contributed by atoms with E-state index in [1.165, 1.54) is 63.0 Å². The van der Waals surface area contributed by atoms with Crippen LogP contribution in [0.3, 0.4) is 0 Å². The predicted molar refractivity (Wildman–Crippen MR) is 195 cm³/mol. The maximum atomic E-state index is 11.6. The number of benzene rings is 1. The molecule has 1 heterocycles. The molecule has 0 N–H and O–H groups in total. The number of rotatable bonds is 18. The zero-order valence-corrected chi connectivity index (χ0v) is 30.2. The highest BCUT2D eigenvalue weighted by Gasteiger charge is 2.18. The van der Waals surface area contributed by atoms with E-state index in [1.807, 2.05) is 45.9 Å². The standard InChI is InChI=1S/C31H52N4O.C3H8.2C2H6/c1-6-9-11-13-30-15-14-29(27-36)26-31(30)35(18-10-7-2)25-23-32(16-8-3)20-21-33-17-12-19-34(24-22-33)28(4)5;1-3-2;2*1-2/h7-8,14-15,26-28H,2-3,6,9-13,16-25H2,1,4-5H3;3H2,1-2H3;2*1-2H3. The maximum absolute atomic E-state index is 11.6. The van der Waals surface area contributed by atoms with Gasteiger partial charge in [0, 0.05) is 69.7 Å². The fourth-order valence-corrected chi connectivity index (χ4v) is 5.08. The molecule has 0 unspecified atom stereocenters. The molecule has 1 aliphatic rings. The number of nitrogens with zero attached hydrogens (tertiary/aromatic N) is 4. The van der Waals surface area contributed by atoms with Crippen molar-refractivity contribution in [2.75, 3.05) is 70.3 Å². The Morgan fingerprint density at radius 2 is 1.58 bits per heavy atom. The molecule has 1 aromatic carbocycles. The second-order valence-corrected chi connectivity index (χ2v) is 11.1. The van der Waals surface area contributed by atoms with Crippen LogP contribution < -0.4 is 4.90 Å². The van der Waals surface area contributed by atoms with E-state index in [0.717, 1.165) is 70.5 Å². The molecule has 0 amide bonds. The summed E-state index contributed by atoms with van der Waals surface area (Å²) in [6, 6.07) is 6.85. The van der Waals surface area contributed by atoms with Gasteiger partial charge in [0.1, 0.15) is 6.29 Å². The summed E-state index contributed by atoms with van der Waals surface area (Å²) < 4.78 is 0. The van der Waals surface area contributed by atoms with Crippen LogP contribution in [0.1, 0.15) is 117 Å². The molecule has 1 aliphatic heterocycles. The third kappa shape index (κ3) is 19.8. The Bertz CT molecular complexity index is 794. The number of aldehydes is 1. The second kappa shape index (κ2) is 30.1. The number of hydrogen-bond acceptors (Lipinski definition) is 5. The van der Waals surface area contributed by atoms with Gasteiger partial charge in [-0.15, -0.1) is 13.2 Å². The minimum absolute atomic E-state index is 0.633. The third-order valence-electron chi connectivity index (χ3n) is 7.40. The van der Waals surface area contributed by atoms with Crippen LogP contribution in [-0.4, -0.2) is 92.5 Å². The highest BCUT2D eigenvalue weighted by molar-refractivity contribution is 5.78. The number of hydrogen-bond donors (Lipinski definition) is 0. The number of carbonyl (C=O) groups excluding carboxylic acids is 1. The zero-order chi connectivity index (χ0) is 32.9. The highest BCUT2D eigenvalue weighted by atomic mass is 16.1. The van der Waals surface area contributed by atoms with Gasteiger partial charge in [-0.25, -0.2) is 0 Å². The van der Waals surface area contributed by atoms with Crippen LogP contribution in [0.5, 0.6) is 0 Å². The lowest BCUT2D eigenvalue weighted by Crippen LogP contribution is -2.41. The van der Waals surface area contributed by atoms with Gasteiger partial charge in [-0.05, 0) is 64.3 Å². The van der Waals surface area contributed by atoms with Gasteiger partial charge in [-0.1, -0.05) is 92.0 Å². The summed E-state index contributed by atoms with van der Waals surface area (Å²) in [5.41, 5.74) is 3.33. The molecule has 0 atom stereocenters. The zero-order valence-electron chi connectivity index (χ0n) is 30.2. The minimum atomic E-state index is 0.633. The summed E-state index contributed by atoms with van der Waals surface area (Å²) in [6.45, 7) is 37.7. The number of aryl methyl sites for hydroxylation is 1. The summed E-state index contributed by atoms with van der Waals surface area (Å²) >= 11 is 0. The van der Waals surface area contributed by atoms with E-state index in [4.69, 9.17) is 0 Å². The molecule has 2 rings (SSSR count). The molecule has 0 aliphatic carbocycles. The monoisotopic (exact) mass is 601 g/mol. The first-order chi connectivity index (χ1) is 20.9. The number of carbonyl (C=O) groups is 1. The summed E-state index contributed by atoms with van der Waals surface area (Å²) in [5.74, 6) is 0. The van der Waals surface area contributed by atoms with E-state index in [-0.39, 0.29) is 0 Å². The molecule has 250 valence electrons. The van der Waals surface area contributed by atoms with Gasteiger partial charge >= 0.3 is 0 Å². The Labute approximate surface area is 269 Å². The van der Waals surface area contributed by atoms with E-state index < -0.39 is 0 Å². The average molecular weight is 601 g/mol. The van der Waals surface area contributed by atoms with Crippen molar-refractivity contribution in [2.24, 2.45) is 0 Å². The largest absolute Gasteiger partial charge is 0.370 e. The van der Waals surface area contributed by atoms with Crippen molar-refractivity contribution < 1.29 is 4.79 Å². The van der Waals surface area contributed by atoms with Gasteiger partial charge in [0.05, 0.1) is 0 Å². The minimum Gasteiger partial charge on any atom is -0.370 e. The molecule has 1 aromatic rings. The highest BCUT2D eigenvalue weighted by Crippen LogP contribution is 2.25. The van der Waals surface area contributed by atoms with E-state index >= 15 is 0 Å². The lowest BCUT2D eigenvalue weighted by atomic mass is 10.0. The molecular weight excluding hydrogens is 528 g/mol. The Morgan fingerprint density at radius 1 is 0.884 bits per heavy atom. The van der Waals surface area contributed by atoms with Gasteiger partial charge in [-0.3, -0.25) is 14.6 Å². The summed E-state index contributed by atoms with van der Waals surface area (Å²) in [4.78, 5) is 21.8. The molecule has 0 saturated carbocycles. The van der Waals surface area contributed by atoms with Crippen LogP contribution in [0, 0.1) is 0 Å². The second-order valence-electron chi connectivity index (χ2n) is 11.1. The quantitative estimate of drug-likeness (QED) is 0.0953. The average Bonchev–Trinajstić information content (AvgIpc) is 3.28. The van der Waals surface area contributed by atoms with Crippen LogP contribution in [-0.2, 0) is 6.42 Å². The van der Waals surface area contributed by atoms with Crippen LogP contribution in [0.25, 0.3) is 0 Å². The first-order valence-electron chi connectivity index (χ1n) is 17.7. The maximum Gasteiger partial charge on any atom is 0.150 e. The third-order valence-corrected chi connectivity index (χ3v) is 7.40. The summed E-state index contributed by atoms with van der Waals surface area (Å²) in [5, 5.41) is 0. The predicted octanol–water partition coefficient (Wildman–Crippen LogP) is 8.99.